The second-order valence-corrected chi connectivity index (χ2v) is 9.76. The number of fused-ring (bicyclic) bond motifs is 1. The van der Waals surface area contributed by atoms with E-state index in [4.69, 9.17) is 0 Å². The van der Waals surface area contributed by atoms with Gasteiger partial charge < -0.3 is 10.2 Å². The number of benzene rings is 2. The lowest BCUT2D eigenvalue weighted by Crippen LogP contribution is -2.40. The topological polar surface area (TPSA) is 93.0 Å². The number of thioether (sulfide) groups is 1. The molecule has 8 nitrogen and oxygen atoms in total. The van der Waals surface area contributed by atoms with E-state index in [1.165, 1.54) is 17.3 Å². The summed E-state index contributed by atoms with van der Waals surface area (Å²) in [5.74, 6) is 0.622. The first-order valence-electron chi connectivity index (χ1n) is 11.7. The van der Waals surface area contributed by atoms with Gasteiger partial charge in [0.05, 0.1) is 22.8 Å². The van der Waals surface area contributed by atoms with Crippen LogP contribution in [0.4, 0.5) is 11.4 Å². The zero-order valence-corrected chi connectivity index (χ0v) is 21.1. The second kappa shape index (κ2) is 9.94. The molecule has 1 N–H and O–H groups in total. The number of nitrogens with one attached hydrogen (secondary N) is 1. The predicted octanol–water partition coefficient (Wildman–Crippen LogP) is 4.80. The summed E-state index contributed by atoms with van der Waals surface area (Å²) >= 11 is 1.33. The van der Waals surface area contributed by atoms with E-state index >= 15 is 0 Å². The van der Waals surface area contributed by atoms with Crippen molar-refractivity contribution < 1.29 is 9.59 Å². The van der Waals surface area contributed by atoms with Crippen molar-refractivity contribution in [2.24, 2.45) is 0 Å². The van der Waals surface area contributed by atoms with Gasteiger partial charge in [-0.05, 0) is 68.3 Å². The molecule has 0 radical (unpaired) electrons. The molecular weight excluding hydrogens is 472 g/mol. The highest BCUT2D eigenvalue weighted by atomic mass is 32.2. The maximum absolute atomic E-state index is 13.5. The molecule has 2 aromatic carbocycles. The molecule has 0 unspecified atom stereocenters. The first kappa shape index (κ1) is 23.7. The van der Waals surface area contributed by atoms with Gasteiger partial charge in [-0.15, -0.1) is 10.2 Å². The summed E-state index contributed by atoms with van der Waals surface area (Å²) in [7, 11) is 0. The molecule has 0 aliphatic carbocycles. The molecule has 0 saturated carbocycles. The highest BCUT2D eigenvalue weighted by Gasteiger charge is 2.30. The number of hydrogen-bond acceptors (Lipinski definition) is 6. The molecule has 182 valence electrons. The molecule has 2 amide bonds. The van der Waals surface area contributed by atoms with Gasteiger partial charge in [-0.3, -0.25) is 19.1 Å². The number of hydrogen-bond donors (Lipinski definition) is 1. The van der Waals surface area contributed by atoms with Crippen molar-refractivity contribution in [3.63, 3.8) is 0 Å². The average molecular weight is 499 g/mol. The molecule has 0 fully saturated rings. The Morgan fingerprint density at radius 3 is 2.61 bits per heavy atom. The van der Waals surface area contributed by atoms with Gasteiger partial charge in [0.1, 0.15) is 0 Å². The summed E-state index contributed by atoms with van der Waals surface area (Å²) in [6.45, 7) is 6.03. The molecular formula is C27H26N6O2S. The first-order valence-corrected chi connectivity index (χ1v) is 12.7. The smallest absolute Gasteiger partial charge is 0.237 e. The zero-order valence-electron chi connectivity index (χ0n) is 20.3. The van der Waals surface area contributed by atoms with E-state index in [1.54, 1.807) is 17.3 Å². The number of nitrogens with zero attached hydrogens (tertiary/aromatic N) is 5. The summed E-state index contributed by atoms with van der Waals surface area (Å²) in [4.78, 5) is 31.7. The summed E-state index contributed by atoms with van der Waals surface area (Å²) in [6, 6.07) is 17.1. The lowest BCUT2D eigenvalue weighted by molar-refractivity contribution is -0.117. The fourth-order valence-corrected chi connectivity index (χ4v) is 5.12. The Morgan fingerprint density at radius 2 is 1.83 bits per heavy atom. The number of carbonyl (C=O) groups excluding carboxylic acids is 2. The Balaban J connectivity index is 1.48. The minimum absolute atomic E-state index is 0.100. The Bertz CT molecular complexity index is 1440. The SMILES string of the molecule is Cc1ccc(-n2c(SCC(=O)N3c4ccccc4NC(=O)C[C@H]3C)nnc2-c2ccncc2)cc1C. The van der Waals surface area contributed by atoms with E-state index in [1.807, 2.05) is 54.0 Å². The van der Waals surface area contributed by atoms with Gasteiger partial charge in [-0.2, -0.15) is 0 Å². The molecule has 0 spiro atoms. The van der Waals surface area contributed by atoms with Crippen LogP contribution < -0.4 is 10.2 Å². The number of aryl methyl sites for hydroxylation is 2. The minimum Gasteiger partial charge on any atom is -0.324 e. The largest absolute Gasteiger partial charge is 0.324 e. The number of rotatable bonds is 5. The third kappa shape index (κ3) is 4.61. The van der Waals surface area contributed by atoms with Crippen molar-refractivity contribution in [3.8, 4) is 17.1 Å². The van der Waals surface area contributed by atoms with Gasteiger partial charge in [-0.1, -0.05) is 30.0 Å². The van der Waals surface area contributed by atoms with Crippen molar-refractivity contribution in [3.05, 3.63) is 78.1 Å². The van der Waals surface area contributed by atoms with Crippen molar-refractivity contribution >= 4 is 35.0 Å². The molecule has 3 heterocycles. The van der Waals surface area contributed by atoms with E-state index in [0.29, 0.717) is 22.4 Å². The van der Waals surface area contributed by atoms with Gasteiger partial charge >= 0.3 is 0 Å². The fourth-order valence-electron chi connectivity index (χ4n) is 4.31. The summed E-state index contributed by atoms with van der Waals surface area (Å²) in [5, 5.41) is 12.4. The highest BCUT2D eigenvalue weighted by Crippen LogP contribution is 2.33. The molecule has 5 rings (SSSR count). The summed E-state index contributed by atoms with van der Waals surface area (Å²) in [5.41, 5.74) is 5.50. The van der Waals surface area contributed by atoms with Gasteiger partial charge in [0, 0.05) is 30.4 Å². The third-order valence-corrected chi connectivity index (χ3v) is 7.19. The minimum atomic E-state index is -0.272. The average Bonchev–Trinajstić information content (AvgIpc) is 3.24. The molecule has 36 heavy (non-hydrogen) atoms. The van der Waals surface area contributed by atoms with Crippen LogP contribution in [0.5, 0.6) is 0 Å². The Kier molecular flexibility index (Phi) is 6.56. The highest BCUT2D eigenvalue weighted by molar-refractivity contribution is 7.99. The molecule has 0 bridgehead atoms. The maximum atomic E-state index is 13.5. The number of carbonyl (C=O) groups is 2. The van der Waals surface area contributed by atoms with Crippen LogP contribution in [0.3, 0.4) is 0 Å². The molecule has 9 heteroatoms. The fraction of sp³-hybridized carbons (Fsp3) is 0.222. The van der Waals surface area contributed by atoms with Crippen LogP contribution in [-0.4, -0.2) is 43.4 Å². The molecule has 1 aliphatic heterocycles. The van der Waals surface area contributed by atoms with Crippen LogP contribution in [0.25, 0.3) is 17.1 Å². The summed E-state index contributed by atoms with van der Waals surface area (Å²) in [6.07, 6.45) is 3.67. The number of pyridine rings is 1. The first-order chi connectivity index (χ1) is 17.4. The van der Waals surface area contributed by atoms with E-state index in [9.17, 15) is 9.59 Å². The van der Waals surface area contributed by atoms with Crippen LogP contribution in [-0.2, 0) is 9.59 Å². The maximum Gasteiger partial charge on any atom is 0.237 e. The summed E-state index contributed by atoms with van der Waals surface area (Å²) < 4.78 is 1.98. The third-order valence-electron chi connectivity index (χ3n) is 6.27. The molecule has 4 aromatic rings. The monoisotopic (exact) mass is 498 g/mol. The van der Waals surface area contributed by atoms with Gasteiger partial charge in [0.25, 0.3) is 0 Å². The van der Waals surface area contributed by atoms with Crippen molar-refractivity contribution in [2.75, 3.05) is 16.0 Å². The van der Waals surface area contributed by atoms with E-state index in [-0.39, 0.29) is 30.0 Å². The van der Waals surface area contributed by atoms with Crippen LogP contribution >= 0.6 is 11.8 Å². The standard InChI is InChI=1S/C27H26N6O2S/c1-17-8-9-21(14-18(17)2)33-26(20-10-12-28-13-11-20)30-31-27(33)36-16-25(35)32-19(3)15-24(34)29-22-6-4-5-7-23(22)32/h4-14,19H,15-16H2,1-3H3,(H,29,34)/t19-/m1/s1. The Hall–Kier alpha value is -3.98. The molecule has 1 atom stereocenters. The van der Waals surface area contributed by atoms with Crippen molar-refractivity contribution in [2.45, 2.75) is 38.4 Å². The van der Waals surface area contributed by atoms with E-state index in [0.717, 1.165) is 16.8 Å². The van der Waals surface area contributed by atoms with Crippen LogP contribution in [0.2, 0.25) is 0 Å². The van der Waals surface area contributed by atoms with Gasteiger partial charge in [-0.25, -0.2) is 0 Å². The number of aromatic nitrogens is 4. The molecule has 1 aliphatic rings. The Labute approximate surface area is 213 Å². The van der Waals surface area contributed by atoms with Crippen LogP contribution in [0.1, 0.15) is 24.5 Å². The van der Waals surface area contributed by atoms with Crippen molar-refractivity contribution in [1.82, 2.24) is 19.7 Å². The van der Waals surface area contributed by atoms with Crippen LogP contribution in [0, 0.1) is 13.8 Å². The van der Waals surface area contributed by atoms with E-state index in [2.05, 4.69) is 46.5 Å². The van der Waals surface area contributed by atoms with E-state index < -0.39 is 0 Å². The predicted molar refractivity (Wildman–Crippen MR) is 141 cm³/mol. The normalized spacial score (nSPS) is 15.2. The lowest BCUT2D eigenvalue weighted by atomic mass is 10.1. The molecule has 0 saturated heterocycles. The van der Waals surface area contributed by atoms with Gasteiger partial charge in [0.2, 0.25) is 11.8 Å². The Morgan fingerprint density at radius 1 is 1.06 bits per heavy atom. The van der Waals surface area contributed by atoms with Crippen molar-refractivity contribution in [1.29, 1.82) is 0 Å². The number of amides is 2. The number of anilines is 2. The van der Waals surface area contributed by atoms with Gasteiger partial charge in [0.15, 0.2) is 11.0 Å². The number of para-hydroxylation sites is 2. The molecule has 2 aromatic heterocycles. The second-order valence-electron chi connectivity index (χ2n) is 8.82. The quantitative estimate of drug-likeness (QED) is 0.397. The van der Waals surface area contributed by atoms with Crippen LogP contribution in [0.15, 0.2) is 72.1 Å². The lowest BCUT2D eigenvalue weighted by Gasteiger charge is -2.27. The zero-order chi connectivity index (χ0) is 25.2.